The summed E-state index contributed by atoms with van der Waals surface area (Å²) < 4.78 is 1.01. The van der Waals surface area contributed by atoms with E-state index in [4.69, 9.17) is 0 Å². The van der Waals surface area contributed by atoms with Gasteiger partial charge in [0.25, 0.3) is 0 Å². The van der Waals surface area contributed by atoms with Gasteiger partial charge >= 0.3 is 0 Å². The number of nitrogens with one attached hydrogen (secondary N) is 2. The minimum Gasteiger partial charge on any atom is -0.370 e. The lowest BCUT2D eigenvalue weighted by Gasteiger charge is -2.11. The smallest absolute Gasteiger partial charge is 0.136 e. The first-order chi connectivity index (χ1) is 9.22. The molecular weight excluding hydrogens is 304 g/mol. The van der Waals surface area contributed by atoms with Crippen LogP contribution in [0.4, 0.5) is 17.3 Å². The molecule has 0 spiro atoms. The van der Waals surface area contributed by atoms with Crippen LogP contribution in [0.5, 0.6) is 0 Å². The van der Waals surface area contributed by atoms with Gasteiger partial charge in [-0.1, -0.05) is 19.1 Å². The van der Waals surface area contributed by atoms with E-state index < -0.39 is 0 Å². The van der Waals surface area contributed by atoms with E-state index in [9.17, 15) is 0 Å². The van der Waals surface area contributed by atoms with Crippen molar-refractivity contribution in [3.63, 3.8) is 0 Å². The fourth-order valence-corrected chi connectivity index (χ4v) is 2.08. The Hall–Kier alpha value is -1.62. The molecule has 100 valence electrons. The van der Waals surface area contributed by atoms with E-state index in [0.29, 0.717) is 0 Å². The van der Waals surface area contributed by atoms with Gasteiger partial charge in [-0.2, -0.15) is 0 Å². The first-order valence-electron chi connectivity index (χ1n) is 6.36. The Morgan fingerprint density at radius 1 is 1.11 bits per heavy atom. The molecule has 0 aliphatic heterocycles. The SMILES string of the molecule is CCNc1cc(Nc2ccccc2Br)nc(CC)n1. The maximum absolute atomic E-state index is 4.49. The van der Waals surface area contributed by atoms with E-state index in [0.717, 1.165) is 40.6 Å². The molecule has 4 nitrogen and oxygen atoms in total. The second-order valence-electron chi connectivity index (χ2n) is 4.04. The van der Waals surface area contributed by atoms with Crippen molar-refractivity contribution < 1.29 is 0 Å². The van der Waals surface area contributed by atoms with Crippen molar-refractivity contribution in [2.24, 2.45) is 0 Å². The van der Waals surface area contributed by atoms with E-state index in [1.165, 1.54) is 0 Å². The Kier molecular flexibility index (Phi) is 4.74. The lowest BCUT2D eigenvalue weighted by molar-refractivity contribution is 0.939. The van der Waals surface area contributed by atoms with Crippen LogP contribution in [0, 0.1) is 0 Å². The second-order valence-corrected chi connectivity index (χ2v) is 4.90. The molecule has 0 radical (unpaired) electrons. The van der Waals surface area contributed by atoms with Crippen LogP contribution in [-0.4, -0.2) is 16.5 Å². The minimum atomic E-state index is 0.801. The van der Waals surface area contributed by atoms with Crippen LogP contribution in [0.15, 0.2) is 34.8 Å². The van der Waals surface area contributed by atoms with Crippen molar-refractivity contribution in [1.29, 1.82) is 0 Å². The quantitative estimate of drug-likeness (QED) is 0.875. The standard InChI is InChI=1S/C14H17BrN4/c1-3-12-18-13(16-4-2)9-14(19-12)17-11-8-6-5-7-10(11)15/h5-9H,3-4H2,1-2H3,(H2,16,17,18,19). The van der Waals surface area contributed by atoms with Gasteiger partial charge in [0.2, 0.25) is 0 Å². The summed E-state index contributed by atoms with van der Waals surface area (Å²) in [7, 11) is 0. The Morgan fingerprint density at radius 3 is 2.53 bits per heavy atom. The van der Waals surface area contributed by atoms with Crippen LogP contribution in [0.25, 0.3) is 0 Å². The number of hydrogen-bond acceptors (Lipinski definition) is 4. The molecule has 0 aliphatic rings. The number of para-hydroxylation sites is 1. The molecule has 2 rings (SSSR count). The van der Waals surface area contributed by atoms with Crippen molar-refractivity contribution in [2.75, 3.05) is 17.2 Å². The van der Waals surface area contributed by atoms with Crippen LogP contribution in [0.3, 0.4) is 0 Å². The van der Waals surface area contributed by atoms with Gasteiger partial charge in [0.05, 0.1) is 5.69 Å². The maximum atomic E-state index is 4.49. The first-order valence-corrected chi connectivity index (χ1v) is 7.15. The predicted molar refractivity (Wildman–Crippen MR) is 83.0 cm³/mol. The minimum absolute atomic E-state index is 0.801. The van der Waals surface area contributed by atoms with Crippen LogP contribution in [0.1, 0.15) is 19.7 Å². The van der Waals surface area contributed by atoms with Gasteiger partial charge in [-0.3, -0.25) is 0 Å². The van der Waals surface area contributed by atoms with Gasteiger partial charge in [-0.05, 0) is 35.0 Å². The molecule has 0 amide bonds. The van der Waals surface area contributed by atoms with Crippen LogP contribution >= 0.6 is 15.9 Å². The lowest BCUT2D eigenvalue weighted by atomic mass is 10.3. The molecule has 2 aromatic rings. The Balaban J connectivity index is 2.29. The van der Waals surface area contributed by atoms with E-state index in [1.54, 1.807) is 0 Å². The average Bonchev–Trinajstić information content (AvgIpc) is 2.41. The zero-order valence-corrected chi connectivity index (χ0v) is 12.7. The molecule has 0 unspecified atom stereocenters. The zero-order valence-electron chi connectivity index (χ0n) is 11.1. The average molecular weight is 321 g/mol. The Labute approximate surface area is 121 Å². The summed E-state index contributed by atoms with van der Waals surface area (Å²) in [5.74, 6) is 2.48. The molecule has 0 bridgehead atoms. The summed E-state index contributed by atoms with van der Waals surface area (Å²) in [6.45, 7) is 4.94. The summed E-state index contributed by atoms with van der Waals surface area (Å²) in [6, 6.07) is 9.89. The van der Waals surface area contributed by atoms with Crippen LogP contribution in [0.2, 0.25) is 0 Å². The van der Waals surface area contributed by atoms with E-state index in [2.05, 4.69) is 43.5 Å². The van der Waals surface area contributed by atoms with Gasteiger partial charge in [0.1, 0.15) is 17.5 Å². The van der Waals surface area contributed by atoms with E-state index in [1.807, 2.05) is 37.3 Å². The molecule has 0 aliphatic carbocycles. The summed E-state index contributed by atoms with van der Waals surface area (Å²) in [6.07, 6.45) is 0.809. The predicted octanol–water partition coefficient (Wildman–Crippen LogP) is 3.98. The molecular formula is C14H17BrN4. The highest BCUT2D eigenvalue weighted by molar-refractivity contribution is 9.10. The Bertz CT molecular complexity index is 557. The number of aromatic nitrogens is 2. The fourth-order valence-electron chi connectivity index (χ4n) is 1.69. The Morgan fingerprint density at radius 2 is 1.84 bits per heavy atom. The number of nitrogens with zero attached hydrogens (tertiary/aromatic N) is 2. The summed E-state index contributed by atoms with van der Waals surface area (Å²) >= 11 is 3.52. The summed E-state index contributed by atoms with van der Waals surface area (Å²) in [4.78, 5) is 8.92. The number of hydrogen-bond donors (Lipinski definition) is 2. The molecule has 0 fully saturated rings. The number of rotatable bonds is 5. The number of aryl methyl sites for hydroxylation is 1. The lowest BCUT2D eigenvalue weighted by Crippen LogP contribution is -2.05. The largest absolute Gasteiger partial charge is 0.370 e. The first kappa shape index (κ1) is 13.8. The number of benzene rings is 1. The maximum Gasteiger partial charge on any atom is 0.136 e. The molecule has 19 heavy (non-hydrogen) atoms. The van der Waals surface area contributed by atoms with Crippen LogP contribution < -0.4 is 10.6 Å². The molecule has 1 heterocycles. The van der Waals surface area contributed by atoms with Gasteiger partial charge in [-0.25, -0.2) is 9.97 Å². The van der Waals surface area contributed by atoms with Crippen molar-refractivity contribution in [2.45, 2.75) is 20.3 Å². The summed E-state index contributed by atoms with van der Waals surface area (Å²) in [5, 5.41) is 6.53. The molecule has 0 atom stereocenters. The van der Waals surface area contributed by atoms with Crippen molar-refractivity contribution in [3.8, 4) is 0 Å². The molecule has 2 N–H and O–H groups in total. The monoisotopic (exact) mass is 320 g/mol. The highest BCUT2D eigenvalue weighted by Gasteiger charge is 2.05. The third-order valence-electron chi connectivity index (χ3n) is 2.58. The van der Waals surface area contributed by atoms with Crippen molar-refractivity contribution in [3.05, 3.63) is 40.6 Å². The van der Waals surface area contributed by atoms with Gasteiger partial charge in [-0.15, -0.1) is 0 Å². The third kappa shape index (κ3) is 3.67. The fraction of sp³-hybridized carbons (Fsp3) is 0.286. The molecule has 0 saturated carbocycles. The molecule has 5 heteroatoms. The number of halogens is 1. The van der Waals surface area contributed by atoms with E-state index >= 15 is 0 Å². The normalized spacial score (nSPS) is 10.3. The highest BCUT2D eigenvalue weighted by atomic mass is 79.9. The van der Waals surface area contributed by atoms with Crippen molar-refractivity contribution >= 4 is 33.3 Å². The van der Waals surface area contributed by atoms with Crippen molar-refractivity contribution in [1.82, 2.24) is 9.97 Å². The zero-order chi connectivity index (χ0) is 13.7. The second kappa shape index (κ2) is 6.52. The van der Waals surface area contributed by atoms with Crippen LogP contribution in [-0.2, 0) is 6.42 Å². The molecule has 0 saturated heterocycles. The third-order valence-corrected chi connectivity index (χ3v) is 3.27. The summed E-state index contributed by atoms with van der Waals surface area (Å²) in [5.41, 5.74) is 0.991. The topological polar surface area (TPSA) is 49.8 Å². The van der Waals surface area contributed by atoms with Gasteiger partial charge in [0, 0.05) is 23.5 Å². The highest BCUT2D eigenvalue weighted by Crippen LogP contribution is 2.25. The van der Waals surface area contributed by atoms with E-state index in [-0.39, 0.29) is 0 Å². The van der Waals surface area contributed by atoms with Gasteiger partial charge in [0.15, 0.2) is 0 Å². The van der Waals surface area contributed by atoms with Gasteiger partial charge < -0.3 is 10.6 Å². The molecule has 1 aromatic heterocycles. The molecule has 1 aromatic carbocycles. The number of anilines is 3.